The van der Waals surface area contributed by atoms with E-state index in [1.165, 1.54) is 0 Å². The van der Waals surface area contributed by atoms with Crippen LogP contribution >= 0.6 is 0 Å². The monoisotopic (exact) mass is 164 g/mol. The maximum atomic E-state index is 11.2. The summed E-state index contributed by atoms with van der Waals surface area (Å²) in [6.45, 7) is 1.91. The first-order valence-electron chi connectivity index (χ1n) is 3.72. The van der Waals surface area contributed by atoms with Crippen molar-refractivity contribution in [1.29, 1.82) is 0 Å². The molecule has 0 saturated heterocycles. The van der Waals surface area contributed by atoms with E-state index in [0.717, 1.165) is 5.56 Å². The number of anilines is 1. The number of hydrogen-bond donors (Lipinski definition) is 2. The van der Waals surface area contributed by atoms with Gasteiger partial charge < -0.3 is 11.1 Å². The molecule has 0 radical (unpaired) electrons. The lowest BCUT2D eigenvalue weighted by Gasteiger charge is -2.02. The summed E-state index contributed by atoms with van der Waals surface area (Å²) in [6, 6.07) is 5.29. The molecular formula is C9H12N2O. The van der Waals surface area contributed by atoms with Crippen LogP contribution in [0.25, 0.3) is 0 Å². The van der Waals surface area contributed by atoms with Gasteiger partial charge in [0.2, 0.25) is 0 Å². The van der Waals surface area contributed by atoms with Gasteiger partial charge in [-0.3, -0.25) is 4.79 Å². The Hall–Kier alpha value is -1.51. The van der Waals surface area contributed by atoms with Crippen LogP contribution in [0.2, 0.25) is 0 Å². The summed E-state index contributed by atoms with van der Waals surface area (Å²) in [6.07, 6.45) is 0. The quantitative estimate of drug-likeness (QED) is 0.607. The maximum Gasteiger partial charge on any atom is 0.251 e. The summed E-state index contributed by atoms with van der Waals surface area (Å²) in [7, 11) is 1.60. The molecule has 0 aliphatic rings. The van der Waals surface area contributed by atoms with Crippen molar-refractivity contribution in [2.75, 3.05) is 12.8 Å². The molecule has 3 heteroatoms. The summed E-state index contributed by atoms with van der Waals surface area (Å²) in [4.78, 5) is 11.2. The van der Waals surface area contributed by atoms with Crippen LogP contribution < -0.4 is 11.1 Å². The molecule has 0 spiro atoms. The molecule has 0 aliphatic heterocycles. The van der Waals surface area contributed by atoms with Gasteiger partial charge in [0, 0.05) is 18.3 Å². The number of nitrogens with two attached hydrogens (primary N) is 1. The van der Waals surface area contributed by atoms with Crippen molar-refractivity contribution in [3.8, 4) is 0 Å². The van der Waals surface area contributed by atoms with E-state index in [0.29, 0.717) is 11.3 Å². The zero-order valence-electron chi connectivity index (χ0n) is 7.22. The highest BCUT2D eigenvalue weighted by atomic mass is 16.1. The van der Waals surface area contributed by atoms with Gasteiger partial charge >= 0.3 is 0 Å². The molecule has 1 aromatic rings. The summed E-state index contributed by atoms with van der Waals surface area (Å²) < 4.78 is 0. The number of rotatable bonds is 1. The molecular weight excluding hydrogens is 152 g/mol. The summed E-state index contributed by atoms with van der Waals surface area (Å²) in [5, 5.41) is 2.54. The Balaban J connectivity index is 3.08. The second-order valence-corrected chi connectivity index (χ2v) is 2.71. The van der Waals surface area contributed by atoms with E-state index in [9.17, 15) is 4.79 Å². The van der Waals surface area contributed by atoms with Crippen molar-refractivity contribution in [2.24, 2.45) is 0 Å². The molecule has 0 heterocycles. The lowest BCUT2D eigenvalue weighted by atomic mass is 10.1. The third-order valence-electron chi connectivity index (χ3n) is 1.59. The summed E-state index contributed by atoms with van der Waals surface area (Å²) in [5.74, 6) is -0.106. The van der Waals surface area contributed by atoms with Crippen LogP contribution in [-0.2, 0) is 0 Å². The van der Waals surface area contributed by atoms with Gasteiger partial charge in [0.1, 0.15) is 0 Å². The number of nitrogen functional groups attached to an aromatic ring is 1. The maximum absolute atomic E-state index is 11.2. The van der Waals surface area contributed by atoms with Crippen LogP contribution in [0.5, 0.6) is 0 Å². The van der Waals surface area contributed by atoms with Gasteiger partial charge in [-0.1, -0.05) is 0 Å². The molecule has 3 nitrogen and oxygen atoms in total. The van der Waals surface area contributed by atoms with E-state index in [2.05, 4.69) is 5.32 Å². The Bertz CT molecular complexity index is 287. The predicted molar refractivity (Wildman–Crippen MR) is 49.0 cm³/mol. The number of hydrogen-bond acceptors (Lipinski definition) is 2. The minimum Gasteiger partial charge on any atom is -0.399 e. The molecule has 1 amide bonds. The highest BCUT2D eigenvalue weighted by molar-refractivity contribution is 5.95. The molecule has 3 N–H and O–H groups in total. The first-order valence-corrected chi connectivity index (χ1v) is 3.72. The molecule has 1 rings (SSSR count). The topological polar surface area (TPSA) is 55.1 Å². The van der Waals surface area contributed by atoms with Crippen LogP contribution in [0.1, 0.15) is 15.9 Å². The van der Waals surface area contributed by atoms with E-state index >= 15 is 0 Å². The third kappa shape index (κ3) is 1.75. The van der Waals surface area contributed by atoms with Gasteiger partial charge in [-0.05, 0) is 30.7 Å². The number of amides is 1. The van der Waals surface area contributed by atoms with Gasteiger partial charge in [0.15, 0.2) is 0 Å². The van der Waals surface area contributed by atoms with Crippen molar-refractivity contribution in [3.05, 3.63) is 29.3 Å². The van der Waals surface area contributed by atoms with Gasteiger partial charge in [0.05, 0.1) is 0 Å². The lowest BCUT2D eigenvalue weighted by molar-refractivity contribution is 0.0963. The van der Waals surface area contributed by atoms with Crippen molar-refractivity contribution in [2.45, 2.75) is 6.92 Å². The van der Waals surface area contributed by atoms with Crippen LogP contribution in [0.15, 0.2) is 18.2 Å². The molecule has 0 aliphatic carbocycles. The Morgan fingerprint density at radius 1 is 1.42 bits per heavy atom. The van der Waals surface area contributed by atoms with Crippen LogP contribution in [-0.4, -0.2) is 13.0 Å². The molecule has 0 fully saturated rings. The molecule has 0 atom stereocenters. The first kappa shape index (κ1) is 8.59. The lowest BCUT2D eigenvalue weighted by Crippen LogP contribution is -2.17. The standard InChI is InChI=1S/C9H12N2O/c1-6-3-7(9(12)11-2)5-8(10)4-6/h3-5H,10H2,1-2H3,(H,11,12). The number of benzene rings is 1. The van der Waals surface area contributed by atoms with Crippen molar-refractivity contribution >= 4 is 11.6 Å². The molecule has 0 bridgehead atoms. The Kier molecular flexibility index (Phi) is 2.33. The fourth-order valence-corrected chi connectivity index (χ4v) is 1.09. The minimum atomic E-state index is -0.106. The Labute approximate surface area is 71.6 Å². The molecule has 64 valence electrons. The van der Waals surface area contributed by atoms with E-state index < -0.39 is 0 Å². The average molecular weight is 164 g/mol. The number of aryl methyl sites for hydroxylation is 1. The van der Waals surface area contributed by atoms with Crippen molar-refractivity contribution in [1.82, 2.24) is 5.32 Å². The molecule has 0 aromatic heterocycles. The first-order chi connectivity index (χ1) is 5.63. The highest BCUT2D eigenvalue weighted by Gasteiger charge is 2.03. The van der Waals surface area contributed by atoms with Crippen LogP contribution in [0.3, 0.4) is 0 Å². The molecule has 0 saturated carbocycles. The second kappa shape index (κ2) is 3.26. The minimum absolute atomic E-state index is 0.106. The number of nitrogens with one attached hydrogen (secondary N) is 1. The van der Waals surface area contributed by atoms with E-state index in [1.54, 1.807) is 19.2 Å². The molecule has 0 unspecified atom stereocenters. The number of carbonyl (C=O) groups excluding carboxylic acids is 1. The highest BCUT2D eigenvalue weighted by Crippen LogP contribution is 2.10. The van der Waals surface area contributed by atoms with Gasteiger partial charge in [-0.25, -0.2) is 0 Å². The Morgan fingerprint density at radius 2 is 2.08 bits per heavy atom. The summed E-state index contributed by atoms with van der Waals surface area (Å²) >= 11 is 0. The SMILES string of the molecule is CNC(=O)c1cc(C)cc(N)c1. The molecule has 12 heavy (non-hydrogen) atoms. The van der Waals surface area contributed by atoms with E-state index in [4.69, 9.17) is 5.73 Å². The Morgan fingerprint density at radius 3 is 2.58 bits per heavy atom. The average Bonchev–Trinajstić information content (AvgIpc) is 2.01. The van der Waals surface area contributed by atoms with E-state index in [1.807, 2.05) is 13.0 Å². The zero-order valence-corrected chi connectivity index (χ0v) is 7.22. The second-order valence-electron chi connectivity index (χ2n) is 2.71. The van der Waals surface area contributed by atoms with Crippen LogP contribution in [0, 0.1) is 6.92 Å². The predicted octanol–water partition coefficient (Wildman–Crippen LogP) is 0.937. The third-order valence-corrected chi connectivity index (χ3v) is 1.59. The smallest absolute Gasteiger partial charge is 0.251 e. The number of carbonyl (C=O) groups is 1. The summed E-state index contributed by atoms with van der Waals surface area (Å²) in [5.41, 5.74) is 7.79. The van der Waals surface area contributed by atoms with Gasteiger partial charge in [-0.15, -0.1) is 0 Å². The zero-order chi connectivity index (χ0) is 9.14. The molecule has 1 aromatic carbocycles. The van der Waals surface area contributed by atoms with Crippen LogP contribution in [0.4, 0.5) is 5.69 Å². The largest absolute Gasteiger partial charge is 0.399 e. The van der Waals surface area contributed by atoms with Gasteiger partial charge in [-0.2, -0.15) is 0 Å². The van der Waals surface area contributed by atoms with Crippen molar-refractivity contribution in [3.63, 3.8) is 0 Å². The van der Waals surface area contributed by atoms with Gasteiger partial charge in [0.25, 0.3) is 5.91 Å². The fourth-order valence-electron chi connectivity index (χ4n) is 1.09. The van der Waals surface area contributed by atoms with Crippen molar-refractivity contribution < 1.29 is 4.79 Å². The normalized spacial score (nSPS) is 9.50. The van der Waals surface area contributed by atoms with E-state index in [-0.39, 0.29) is 5.91 Å². The fraction of sp³-hybridized carbons (Fsp3) is 0.222.